The molecule has 4 rings (SSSR count). The summed E-state index contributed by atoms with van der Waals surface area (Å²) in [6, 6.07) is 18.9. The molecule has 3 aromatic rings. The molecule has 3 heteroatoms. The van der Waals surface area contributed by atoms with Crippen LogP contribution in [0.1, 0.15) is 22.7 Å². The van der Waals surface area contributed by atoms with Gasteiger partial charge < -0.3 is 10.4 Å². The average molecular weight is 401 g/mol. The van der Waals surface area contributed by atoms with Crippen LogP contribution in [0.4, 0.5) is 0 Å². The fourth-order valence-electron chi connectivity index (χ4n) is 3.38. The van der Waals surface area contributed by atoms with Crippen LogP contribution >= 0.6 is 22.6 Å². The van der Waals surface area contributed by atoms with E-state index in [9.17, 15) is 5.11 Å². The molecular formula is C19H16INO. The molecule has 0 radical (unpaired) electrons. The van der Waals surface area contributed by atoms with E-state index >= 15 is 0 Å². The minimum Gasteiger partial charge on any atom is -0.506 e. The van der Waals surface area contributed by atoms with Crippen molar-refractivity contribution in [2.24, 2.45) is 0 Å². The van der Waals surface area contributed by atoms with Crippen molar-refractivity contribution in [3.8, 4) is 5.75 Å². The number of phenols is 1. The lowest BCUT2D eigenvalue weighted by atomic mass is 9.87. The number of hydrogen-bond acceptors (Lipinski definition) is 2. The Bertz CT molecular complexity index is 859. The van der Waals surface area contributed by atoms with Gasteiger partial charge in [0.05, 0.1) is 9.61 Å². The number of rotatable bonds is 1. The van der Waals surface area contributed by atoms with E-state index in [4.69, 9.17) is 0 Å². The first-order chi connectivity index (χ1) is 10.8. The maximum atomic E-state index is 10.7. The largest absolute Gasteiger partial charge is 0.506 e. The van der Waals surface area contributed by atoms with Gasteiger partial charge in [0.1, 0.15) is 5.75 Å². The van der Waals surface area contributed by atoms with Gasteiger partial charge >= 0.3 is 0 Å². The van der Waals surface area contributed by atoms with Crippen LogP contribution in [-0.2, 0) is 6.42 Å². The lowest BCUT2D eigenvalue weighted by molar-refractivity contribution is 0.452. The highest BCUT2D eigenvalue weighted by atomic mass is 127. The third kappa shape index (κ3) is 2.20. The van der Waals surface area contributed by atoms with Gasteiger partial charge in [0.15, 0.2) is 0 Å². The second kappa shape index (κ2) is 5.56. The quantitative estimate of drug-likeness (QED) is 0.593. The van der Waals surface area contributed by atoms with Crippen LogP contribution in [0.3, 0.4) is 0 Å². The standard InChI is InChI=1S/C19H16INO/c20-16-11-13-6-2-3-7-14(13)17(19(16)22)18-15-8-4-1-5-12(15)9-10-21-18/h1-8,11,18,21-22H,9-10H2. The first kappa shape index (κ1) is 14.0. The van der Waals surface area contributed by atoms with Gasteiger partial charge in [-0.1, -0.05) is 48.5 Å². The van der Waals surface area contributed by atoms with E-state index in [0.717, 1.165) is 27.5 Å². The van der Waals surface area contributed by atoms with Crippen LogP contribution in [0, 0.1) is 3.57 Å². The molecule has 0 bridgehead atoms. The molecule has 0 amide bonds. The number of nitrogens with one attached hydrogen (secondary N) is 1. The second-order valence-electron chi connectivity index (χ2n) is 5.68. The normalized spacial score (nSPS) is 17.4. The summed E-state index contributed by atoms with van der Waals surface area (Å²) in [5.41, 5.74) is 3.64. The number of benzene rings is 3. The molecule has 3 aromatic carbocycles. The highest BCUT2D eigenvalue weighted by molar-refractivity contribution is 14.1. The molecule has 2 N–H and O–H groups in total. The van der Waals surface area contributed by atoms with Crippen molar-refractivity contribution in [2.75, 3.05) is 6.54 Å². The third-order valence-corrected chi connectivity index (χ3v) is 5.23. The van der Waals surface area contributed by atoms with Gasteiger partial charge in [0.25, 0.3) is 0 Å². The van der Waals surface area contributed by atoms with Gasteiger partial charge in [-0.05, 0) is 57.0 Å². The van der Waals surface area contributed by atoms with E-state index in [-0.39, 0.29) is 6.04 Å². The molecular weight excluding hydrogens is 385 g/mol. The zero-order chi connectivity index (χ0) is 15.1. The molecule has 0 aliphatic carbocycles. The minimum absolute atomic E-state index is 0.0459. The molecule has 0 aromatic heterocycles. The molecule has 22 heavy (non-hydrogen) atoms. The van der Waals surface area contributed by atoms with Crippen molar-refractivity contribution in [3.63, 3.8) is 0 Å². The Morgan fingerprint density at radius 3 is 2.73 bits per heavy atom. The predicted molar refractivity (Wildman–Crippen MR) is 98.3 cm³/mol. The van der Waals surface area contributed by atoms with Gasteiger partial charge in [-0.15, -0.1) is 0 Å². The predicted octanol–water partition coefficient (Wildman–Crippen LogP) is 4.39. The molecule has 1 unspecified atom stereocenters. The molecule has 1 heterocycles. The zero-order valence-corrected chi connectivity index (χ0v) is 14.2. The van der Waals surface area contributed by atoms with Crippen LogP contribution in [0.5, 0.6) is 5.75 Å². The number of phenolic OH excluding ortho intramolecular Hbond substituents is 1. The summed E-state index contributed by atoms with van der Waals surface area (Å²) < 4.78 is 0.899. The SMILES string of the molecule is Oc1c(I)cc2ccccc2c1C1NCCc2ccccc21. The van der Waals surface area contributed by atoms with Crippen LogP contribution in [-0.4, -0.2) is 11.7 Å². The summed E-state index contributed by atoms with van der Waals surface area (Å²) in [6.45, 7) is 0.931. The van der Waals surface area contributed by atoms with E-state index < -0.39 is 0 Å². The molecule has 1 aliphatic rings. The number of fused-ring (bicyclic) bond motifs is 2. The Kier molecular flexibility index (Phi) is 3.54. The van der Waals surface area contributed by atoms with Gasteiger partial charge in [-0.25, -0.2) is 0 Å². The first-order valence-electron chi connectivity index (χ1n) is 7.47. The van der Waals surface area contributed by atoms with E-state index in [0.29, 0.717) is 5.75 Å². The highest BCUT2D eigenvalue weighted by Gasteiger charge is 2.26. The van der Waals surface area contributed by atoms with E-state index in [1.165, 1.54) is 16.5 Å². The first-order valence-corrected chi connectivity index (χ1v) is 8.55. The van der Waals surface area contributed by atoms with Crippen LogP contribution in [0.25, 0.3) is 10.8 Å². The Labute approximate surface area is 143 Å². The summed E-state index contributed by atoms with van der Waals surface area (Å²) in [5, 5.41) is 16.6. The summed E-state index contributed by atoms with van der Waals surface area (Å²) in [4.78, 5) is 0. The summed E-state index contributed by atoms with van der Waals surface area (Å²) in [7, 11) is 0. The molecule has 0 spiro atoms. The van der Waals surface area contributed by atoms with Gasteiger partial charge in [-0.2, -0.15) is 0 Å². The second-order valence-corrected chi connectivity index (χ2v) is 6.84. The Balaban J connectivity index is 2.01. The smallest absolute Gasteiger partial charge is 0.134 e. The zero-order valence-electron chi connectivity index (χ0n) is 12.0. The number of halogens is 1. The lowest BCUT2D eigenvalue weighted by Gasteiger charge is -2.29. The Morgan fingerprint density at radius 2 is 1.82 bits per heavy atom. The summed E-state index contributed by atoms with van der Waals surface area (Å²) in [6.07, 6.45) is 1.04. The van der Waals surface area contributed by atoms with Crippen molar-refractivity contribution in [1.82, 2.24) is 5.32 Å². The summed E-state index contributed by atoms with van der Waals surface area (Å²) in [5.74, 6) is 0.397. The molecule has 0 saturated carbocycles. The van der Waals surface area contributed by atoms with Crippen molar-refractivity contribution in [1.29, 1.82) is 0 Å². The Hall–Kier alpha value is -1.59. The van der Waals surface area contributed by atoms with Crippen LogP contribution < -0.4 is 5.32 Å². The molecule has 2 nitrogen and oxygen atoms in total. The maximum absolute atomic E-state index is 10.7. The maximum Gasteiger partial charge on any atom is 0.134 e. The molecule has 0 fully saturated rings. The fraction of sp³-hybridized carbons (Fsp3) is 0.158. The monoisotopic (exact) mass is 401 g/mol. The van der Waals surface area contributed by atoms with E-state index in [1.54, 1.807) is 0 Å². The molecule has 1 aliphatic heterocycles. The molecule has 1 atom stereocenters. The van der Waals surface area contributed by atoms with Crippen molar-refractivity contribution >= 4 is 33.4 Å². The van der Waals surface area contributed by atoms with E-state index in [1.807, 2.05) is 18.2 Å². The van der Waals surface area contributed by atoms with Crippen LogP contribution in [0.2, 0.25) is 0 Å². The highest BCUT2D eigenvalue weighted by Crippen LogP contribution is 2.40. The van der Waals surface area contributed by atoms with Crippen molar-refractivity contribution in [3.05, 3.63) is 74.9 Å². The lowest BCUT2D eigenvalue weighted by Crippen LogP contribution is -2.30. The Morgan fingerprint density at radius 1 is 1.05 bits per heavy atom. The number of hydrogen-bond donors (Lipinski definition) is 2. The summed E-state index contributed by atoms with van der Waals surface area (Å²) >= 11 is 2.22. The molecule has 0 saturated heterocycles. The van der Waals surface area contributed by atoms with Gasteiger partial charge in [0, 0.05) is 12.1 Å². The van der Waals surface area contributed by atoms with Crippen molar-refractivity contribution in [2.45, 2.75) is 12.5 Å². The van der Waals surface area contributed by atoms with Gasteiger partial charge in [-0.3, -0.25) is 0 Å². The molecule has 110 valence electrons. The topological polar surface area (TPSA) is 32.3 Å². The fourth-order valence-corrected chi connectivity index (χ4v) is 4.01. The minimum atomic E-state index is 0.0459. The van der Waals surface area contributed by atoms with Crippen molar-refractivity contribution < 1.29 is 5.11 Å². The third-order valence-electron chi connectivity index (χ3n) is 4.41. The van der Waals surface area contributed by atoms with Gasteiger partial charge in [0.2, 0.25) is 0 Å². The van der Waals surface area contributed by atoms with E-state index in [2.05, 4.69) is 64.3 Å². The number of aromatic hydroxyl groups is 1. The van der Waals surface area contributed by atoms with Crippen LogP contribution in [0.15, 0.2) is 54.6 Å². The average Bonchev–Trinajstić information content (AvgIpc) is 2.56.